The van der Waals surface area contributed by atoms with Gasteiger partial charge in [-0.05, 0) is 29.8 Å². The van der Waals surface area contributed by atoms with Crippen LogP contribution in [-0.4, -0.2) is 19.4 Å². The fraction of sp³-hybridized carbons (Fsp3) is 0.188. The molecule has 4 nitrogen and oxygen atoms in total. The van der Waals surface area contributed by atoms with Crippen LogP contribution in [-0.2, 0) is 11.2 Å². The summed E-state index contributed by atoms with van der Waals surface area (Å²) in [5.41, 5.74) is 0.667. The number of hydrogen-bond donors (Lipinski definition) is 1. The van der Waals surface area contributed by atoms with Crippen molar-refractivity contribution in [2.45, 2.75) is 12.8 Å². The van der Waals surface area contributed by atoms with Crippen LogP contribution >= 0.6 is 0 Å². The summed E-state index contributed by atoms with van der Waals surface area (Å²) < 4.78 is 45.9. The van der Waals surface area contributed by atoms with E-state index in [0.717, 1.165) is 6.07 Å². The van der Waals surface area contributed by atoms with Gasteiger partial charge in [0, 0.05) is 0 Å². The molecule has 7 heteroatoms. The Hall–Kier alpha value is -2.70. The summed E-state index contributed by atoms with van der Waals surface area (Å²) in [5, 5.41) is 2.42. The van der Waals surface area contributed by atoms with Gasteiger partial charge in [-0.15, -0.1) is 13.2 Å². The number of halogens is 3. The second-order valence-corrected chi connectivity index (χ2v) is 4.62. The second kappa shape index (κ2) is 7.04. The van der Waals surface area contributed by atoms with Gasteiger partial charge in [-0.2, -0.15) is 0 Å². The SMILES string of the molecule is COc1ccc(CC(=O)Nc2ccccc2OC(F)(F)F)cc1. The smallest absolute Gasteiger partial charge is 0.497 e. The molecule has 0 fully saturated rings. The molecule has 0 bridgehead atoms. The maximum atomic E-state index is 12.3. The van der Waals surface area contributed by atoms with Crippen molar-refractivity contribution in [3.63, 3.8) is 0 Å². The molecule has 0 aliphatic heterocycles. The zero-order chi connectivity index (χ0) is 16.9. The molecule has 0 atom stereocenters. The number of nitrogens with one attached hydrogen (secondary N) is 1. The van der Waals surface area contributed by atoms with Crippen molar-refractivity contribution in [2.24, 2.45) is 0 Å². The molecular weight excluding hydrogens is 311 g/mol. The van der Waals surface area contributed by atoms with Crippen LogP contribution in [0.15, 0.2) is 48.5 Å². The summed E-state index contributed by atoms with van der Waals surface area (Å²) in [5.74, 6) is -0.255. The van der Waals surface area contributed by atoms with Crippen LogP contribution < -0.4 is 14.8 Å². The molecule has 0 aliphatic rings. The van der Waals surface area contributed by atoms with Crippen LogP contribution in [0.1, 0.15) is 5.56 Å². The summed E-state index contributed by atoms with van der Waals surface area (Å²) in [4.78, 5) is 12.0. The molecule has 0 spiro atoms. The third kappa shape index (κ3) is 5.21. The van der Waals surface area contributed by atoms with E-state index in [-0.39, 0.29) is 12.1 Å². The molecule has 0 saturated carbocycles. The predicted octanol–water partition coefficient (Wildman–Crippen LogP) is 3.78. The predicted molar refractivity (Wildman–Crippen MR) is 78.5 cm³/mol. The van der Waals surface area contributed by atoms with Crippen LogP contribution in [0.25, 0.3) is 0 Å². The standard InChI is InChI=1S/C16H14F3NO3/c1-22-12-8-6-11(7-9-12)10-15(21)20-13-4-2-3-5-14(13)23-16(17,18)19/h2-9H,10H2,1H3,(H,20,21). The van der Waals surface area contributed by atoms with Crippen molar-refractivity contribution in [3.8, 4) is 11.5 Å². The Balaban J connectivity index is 2.05. The van der Waals surface area contributed by atoms with Crippen LogP contribution in [0.5, 0.6) is 11.5 Å². The highest BCUT2D eigenvalue weighted by Crippen LogP contribution is 2.30. The monoisotopic (exact) mass is 325 g/mol. The lowest BCUT2D eigenvalue weighted by molar-refractivity contribution is -0.274. The zero-order valence-electron chi connectivity index (χ0n) is 12.2. The van der Waals surface area contributed by atoms with Gasteiger partial charge >= 0.3 is 6.36 Å². The van der Waals surface area contributed by atoms with E-state index in [2.05, 4.69) is 10.1 Å². The minimum Gasteiger partial charge on any atom is -0.497 e. The van der Waals surface area contributed by atoms with Gasteiger partial charge in [0.15, 0.2) is 5.75 Å². The summed E-state index contributed by atoms with van der Waals surface area (Å²) >= 11 is 0. The van der Waals surface area contributed by atoms with Crippen molar-refractivity contribution < 1.29 is 27.4 Å². The number of ether oxygens (including phenoxy) is 2. The Morgan fingerprint density at radius 1 is 1.09 bits per heavy atom. The molecule has 0 heterocycles. The lowest BCUT2D eigenvalue weighted by Gasteiger charge is -2.13. The average Bonchev–Trinajstić information content (AvgIpc) is 2.48. The first-order valence-corrected chi connectivity index (χ1v) is 6.65. The van der Waals surface area contributed by atoms with E-state index in [1.807, 2.05) is 0 Å². The summed E-state index contributed by atoms with van der Waals surface area (Å²) in [7, 11) is 1.53. The van der Waals surface area contributed by atoms with Gasteiger partial charge in [-0.3, -0.25) is 4.79 Å². The summed E-state index contributed by atoms with van der Waals surface area (Å²) in [6, 6.07) is 12.2. The molecule has 23 heavy (non-hydrogen) atoms. The number of methoxy groups -OCH3 is 1. The molecule has 2 aromatic rings. The highest BCUT2D eigenvalue weighted by atomic mass is 19.4. The number of benzene rings is 2. The fourth-order valence-corrected chi connectivity index (χ4v) is 1.91. The molecule has 0 radical (unpaired) electrons. The van der Waals surface area contributed by atoms with Gasteiger partial charge in [0.1, 0.15) is 5.75 Å². The van der Waals surface area contributed by atoms with E-state index in [0.29, 0.717) is 11.3 Å². The fourth-order valence-electron chi connectivity index (χ4n) is 1.91. The van der Waals surface area contributed by atoms with Crippen LogP contribution in [0.4, 0.5) is 18.9 Å². The lowest BCUT2D eigenvalue weighted by atomic mass is 10.1. The largest absolute Gasteiger partial charge is 0.573 e. The van der Waals surface area contributed by atoms with Crippen LogP contribution in [0.2, 0.25) is 0 Å². The van der Waals surface area contributed by atoms with Gasteiger partial charge in [0.2, 0.25) is 5.91 Å². The highest BCUT2D eigenvalue weighted by Gasteiger charge is 2.32. The van der Waals surface area contributed by atoms with E-state index in [1.165, 1.54) is 25.3 Å². The zero-order valence-corrected chi connectivity index (χ0v) is 12.2. The third-order valence-corrected chi connectivity index (χ3v) is 2.91. The van der Waals surface area contributed by atoms with E-state index in [9.17, 15) is 18.0 Å². The molecule has 0 aliphatic carbocycles. The van der Waals surface area contributed by atoms with Crippen molar-refractivity contribution in [2.75, 3.05) is 12.4 Å². The molecule has 1 amide bonds. The average molecular weight is 325 g/mol. The van der Waals surface area contributed by atoms with E-state index in [1.54, 1.807) is 24.3 Å². The number of rotatable bonds is 5. The number of carbonyl (C=O) groups is 1. The maximum absolute atomic E-state index is 12.3. The number of para-hydroxylation sites is 2. The molecule has 2 rings (SSSR count). The highest BCUT2D eigenvalue weighted by molar-refractivity contribution is 5.93. The topological polar surface area (TPSA) is 47.6 Å². The van der Waals surface area contributed by atoms with Crippen molar-refractivity contribution in [3.05, 3.63) is 54.1 Å². The number of hydrogen-bond acceptors (Lipinski definition) is 3. The first kappa shape index (κ1) is 16.7. The number of amides is 1. The van der Waals surface area contributed by atoms with Crippen molar-refractivity contribution >= 4 is 11.6 Å². The Bertz CT molecular complexity index is 669. The number of anilines is 1. The van der Waals surface area contributed by atoms with E-state index < -0.39 is 18.0 Å². The Kier molecular flexibility index (Phi) is 5.10. The normalized spacial score (nSPS) is 11.0. The quantitative estimate of drug-likeness (QED) is 0.910. The van der Waals surface area contributed by atoms with Gasteiger partial charge < -0.3 is 14.8 Å². The third-order valence-electron chi connectivity index (χ3n) is 2.91. The molecule has 2 aromatic carbocycles. The van der Waals surface area contributed by atoms with Crippen molar-refractivity contribution in [1.82, 2.24) is 0 Å². The summed E-state index contributed by atoms with van der Waals surface area (Å²) in [6.45, 7) is 0. The molecule has 0 aromatic heterocycles. The van der Waals surface area contributed by atoms with Crippen LogP contribution in [0.3, 0.4) is 0 Å². The van der Waals surface area contributed by atoms with Gasteiger partial charge in [-0.1, -0.05) is 24.3 Å². The molecule has 0 unspecified atom stereocenters. The maximum Gasteiger partial charge on any atom is 0.573 e. The van der Waals surface area contributed by atoms with Gasteiger partial charge in [-0.25, -0.2) is 0 Å². The molecule has 0 saturated heterocycles. The van der Waals surface area contributed by atoms with Gasteiger partial charge in [0.05, 0.1) is 19.2 Å². The van der Waals surface area contributed by atoms with E-state index in [4.69, 9.17) is 4.74 Å². The van der Waals surface area contributed by atoms with Crippen LogP contribution in [0, 0.1) is 0 Å². The van der Waals surface area contributed by atoms with Gasteiger partial charge in [0.25, 0.3) is 0 Å². The van der Waals surface area contributed by atoms with E-state index >= 15 is 0 Å². The number of carbonyl (C=O) groups excluding carboxylic acids is 1. The minimum absolute atomic E-state index is 0.0182. The lowest BCUT2D eigenvalue weighted by Crippen LogP contribution is -2.20. The first-order valence-electron chi connectivity index (χ1n) is 6.65. The molecule has 122 valence electrons. The Labute approximate surface area is 130 Å². The molecular formula is C16H14F3NO3. The molecule has 1 N–H and O–H groups in total. The van der Waals surface area contributed by atoms with Crippen molar-refractivity contribution in [1.29, 1.82) is 0 Å². The number of alkyl halides is 3. The minimum atomic E-state index is -4.82. The second-order valence-electron chi connectivity index (χ2n) is 4.62. The first-order chi connectivity index (χ1) is 10.9. The Morgan fingerprint density at radius 3 is 2.35 bits per heavy atom. The summed E-state index contributed by atoms with van der Waals surface area (Å²) in [6.07, 6.45) is -4.80. The Morgan fingerprint density at radius 2 is 1.74 bits per heavy atom.